The lowest BCUT2D eigenvalue weighted by Gasteiger charge is -2.32. The molecule has 1 unspecified atom stereocenters. The van der Waals surface area contributed by atoms with Crippen LogP contribution in [0, 0.1) is 0 Å². The minimum absolute atomic E-state index is 0. The van der Waals surface area contributed by atoms with Crippen LogP contribution in [0.2, 0.25) is 0 Å². The SMILES string of the molecule is C=CCc1ccc(C2CCCN(CCC)C2)cc1O.Cl. The van der Waals surface area contributed by atoms with E-state index in [1.807, 2.05) is 18.2 Å². The topological polar surface area (TPSA) is 23.5 Å². The second kappa shape index (κ2) is 8.33. The minimum atomic E-state index is 0. The highest BCUT2D eigenvalue weighted by molar-refractivity contribution is 5.85. The van der Waals surface area contributed by atoms with Crippen LogP contribution in [0.15, 0.2) is 30.9 Å². The second-order valence-electron chi connectivity index (χ2n) is 5.52. The summed E-state index contributed by atoms with van der Waals surface area (Å²) in [6.45, 7) is 9.51. The summed E-state index contributed by atoms with van der Waals surface area (Å²) in [6.07, 6.45) is 6.29. The van der Waals surface area contributed by atoms with Crippen molar-refractivity contribution in [1.29, 1.82) is 0 Å². The number of hydrogen-bond acceptors (Lipinski definition) is 2. The molecule has 0 saturated carbocycles. The van der Waals surface area contributed by atoms with Crippen molar-refractivity contribution < 1.29 is 5.11 Å². The fourth-order valence-electron chi connectivity index (χ4n) is 3.01. The van der Waals surface area contributed by atoms with Crippen molar-refractivity contribution in [3.05, 3.63) is 42.0 Å². The van der Waals surface area contributed by atoms with Crippen LogP contribution in [0.1, 0.15) is 43.2 Å². The third-order valence-electron chi connectivity index (χ3n) is 3.99. The van der Waals surface area contributed by atoms with Crippen molar-refractivity contribution in [3.8, 4) is 5.75 Å². The number of halogens is 1. The molecule has 0 spiro atoms. The fraction of sp³-hybridized carbons (Fsp3) is 0.529. The van der Waals surface area contributed by atoms with Gasteiger partial charge in [-0.1, -0.05) is 25.1 Å². The van der Waals surface area contributed by atoms with Gasteiger partial charge in [-0.25, -0.2) is 0 Å². The van der Waals surface area contributed by atoms with E-state index >= 15 is 0 Å². The van der Waals surface area contributed by atoms with E-state index < -0.39 is 0 Å². The number of benzene rings is 1. The Balaban J connectivity index is 0.00000200. The van der Waals surface area contributed by atoms with Crippen molar-refractivity contribution in [2.45, 2.75) is 38.5 Å². The first-order valence-electron chi connectivity index (χ1n) is 7.39. The van der Waals surface area contributed by atoms with Gasteiger partial charge in [0.05, 0.1) is 0 Å². The number of allylic oxidation sites excluding steroid dienone is 1. The number of rotatable bonds is 5. The third-order valence-corrected chi connectivity index (χ3v) is 3.99. The molecule has 1 atom stereocenters. The summed E-state index contributed by atoms with van der Waals surface area (Å²) in [5, 5.41) is 10.1. The Hall–Kier alpha value is -0.990. The number of aromatic hydroxyl groups is 1. The summed E-state index contributed by atoms with van der Waals surface area (Å²) in [5.74, 6) is 0.994. The standard InChI is InChI=1S/C17H25NO.ClH/c1-3-6-14-8-9-15(12-17(14)19)16-7-5-11-18(13-16)10-4-2;/h3,8-9,12,16,19H,1,4-7,10-11,13H2,2H3;1H. The Morgan fingerprint density at radius 1 is 1.45 bits per heavy atom. The Labute approximate surface area is 128 Å². The van der Waals surface area contributed by atoms with Gasteiger partial charge in [-0.2, -0.15) is 0 Å². The molecule has 2 nitrogen and oxygen atoms in total. The molecule has 112 valence electrons. The summed E-state index contributed by atoms with van der Waals surface area (Å²) in [5.41, 5.74) is 2.26. The van der Waals surface area contributed by atoms with Gasteiger partial charge in [-0.05, 0) is 61.9 Å². The lowest BCUT2D eigenvalue weighted by molar-refractivity contribution is 0.208. The van der Waals surface area contributed by atoms with Crippen LogP contribution in [0.3, 0.4) is 0 Å². The van der Waals surface area contributed by atoms with Gasteiger partial charge >= 0.3 is 0 Å². The molecule has 0 aromatic heterocycles. The van der Waals surface area contributed by atoms with Crippen molar-refractivity contribution in [2.24, 2.45) is 0 Å². The smallest absolute Gasteiger partial charge is 0.119 e. The molecule has 0 radical (unpaired) electrons. The van der Waals surface area contributed by atoms with Gasteiger partial charge in [0.1, 0.15) is 5.75 Å². The molecule has 1 N–H and O–H groups in total. The van der Waals surface area contributed by atoms with Gasteiger partial charge in [0.15, 0.2) is 0 Å². The molecule has 1 saturated heterocycles. The largest absolute Gasteiger partial charge is 0.508 e. The van der Waals surface area contributed by atoms with E-state index in [9.17, 15) is 5.11 Å². The molecule has 3 heteroatoms. The summed E-state index contributed by atoms with van der Waals surface area (Å²) < 4.78 is 0. The van der Waals surface area contributed by atoms with Crippen LogP contribution in [0.5, 0.6) is 5.75 Å². The molecule has 1 heterocycles. The second-order valence-corrected chi connectivity index (χ2v) is 5.52. The highest BCUT2D eigenvalue weighted by atomic mass is 35.5. The molecule has 1 aromatic rings. The Kier molecular flexibility index (Phi) is 7.11. The first-order valence-corrected chi connectivity index (χ1v) is 7.39. The van der Waals surface area contributed by atoms with E-state index in [2.05, 4.69) is 24.5 Å². The van der Waals surface area contributed by atoms with Crippen LogP contribution in [0.4, 0.5) is 0 Å². The summed E-state index contributed by atoms with van der Waals surface area (Å²) in [6, 6.07) is 6.18. The Morgan fingerprint density at radius 3 is 2.90 bits per heavy atom. The number of piperidine rings is 1. The molecule has 0 bridgehead atoms. The van der Waals surface area contributed by atoms with Gasteiger partial charge in [0.2, 0.25) is 0 Å². The molecule has 0 aliphatic carbocycles. The molecule has 1 aliphatic heterocycles. The quantitative estimate of drug-likeness (QED) is 0.826. The van der Waals surface area contributed by atoms with Crippen LogP contribution in [-0.2, 0) is 6.42 Å². The minimum Gasteiger partial charge on any atom is -0.508 e. The first kappa shape index (κ1) is 17.1. The highest BCUT2D eigenvalue weighted by Crippen LogP contribution is 2.30. The van der Waals surface area contributed by atoms with Crippen LogP contribution in [-0.4, -0.2) is 29.6 Å². The Bertz CT molecular complexity index is 431. The number of nitrogens with zero attached hydrogens (tertiary/aromatic N) is 1. The van der Waals surface area contributed by atoms with Crippen molar-refractivity contribution in [1.82, 2.24) is 4.90 Å². The molecular weight excluding hydrogens is 270 g/mol. The van der Waals surface area contributed by atoms with Crippen LogP contribution < -0.4 is 0 Å². The van der Waals surface area contributed by atoms with E-state index in [1.165, 1.54) is 37.9 Å². The van der Waals surface area contributed by atoms with E-state index in [4.69, 9.17) is 0 Å². The summed E-state index contributed by atoms with van der Waals surface area (Å²) >= 11 is 0. The van der Waals surface area contributed by atoms with Crippen molar-refractivity contribution >= 4 is 12.4 Å². The zero-order valence-corrected chi connectivity index (χ0v) is 13.2. The Morgan fingerprint density at radius 2 is 2.25 bits per heavy atom. The maximum atomic E-state index is 10.1. The zero-order valence-electron chi connectivity index (χ0n) is 12.3. The van der Waals surface area contributed by atoms with Gasteiger partial charge < -0.3 is 10.0 Å². The number of likely N-dealkylation sites (tertiary alicyclic amines) is 1. The molecule has 1 aromatic carbocycles. The van der Waals surface area contributed by atoms with E-state index in [1.54, 1.807) is 0 Å². The van der Waals surface area contributed by atoms with E-state index in [0.717, 1.165) is 18.5 Å². The molecular formula is C17H26ClNO. The number of phenolic OH excluding ortho intramolecular Hbond substituents is 1. The molecule has 20 heavy (non-hydrogen) atoms. The number of hydrogen-bond donors (Lipinski definition) is 1. The van der Waals surface area contributed by atoms with Gasteiger partial charge in [0, 0.05) is 6.54 Å². The van der Waals surface area contributed by atoms with Gasteiger partial charge in [-0.15, -0.1) is 19.0 Å². The summed E-state index contributed by atoms with van der Waals surface area (Å²) in [4.78, 5) is 2.54. The van der Waals surface area contributed by atoms with Gasteiger partial charge in [-0.3, -0.25) is 0 Å². The molecule has 0 amide bonds. The monoisotopic (exact) mass is 295 g/mol. The number of phenols is 1. The predicted molar refractivity (Wildman–Crippen MR) is 88.0 cm³/mol. The molecule has 1 aliphatic rings. The van der Waals surface area contributed by atoms with Crippen LogP contribution >= 0.6 is 12.4 Å². The van der Waals surface area contributed by atoms with Crippen molar-refractivity contribution in [2.75, 3.05) is 19.6 Å². The highest BCUT2D eigenvalue weighted by Gasteiger charge is 2.21. The zero-order chi connectivity index (χ0) is 13.7. The lowest BCUT2D eigenvalue weighted by Crippen LogP contribution is -2.34. The fourth-order valence-corrected chi connectivity index (χ4v) is 3.01. The maximum Gasteiger partial charge on any atom is 0.119 e. The average Bonchev–Trinajstić information content (AvgIpc) is 2.42. The molecule has 1 fully saturated rings. The van der Waals surface area contributed by atoms with Gasteiger partial charge in [0.25, 0.3) is 0 Å². The maximum absolute atomic E-state index is 10.1. The molecule has 2 rings (SSSR count). The third kappa shape index (κ3) is 4.26. The lowest BCUT2D eigenvalue weighted by atomic mass is 9.89. The first-order chi connectivity index (χ1) is 9.24. The summed E-state index contributed by atoms with van der Waals surface area (Å²) in [7, 11) is 0. The van der Waals surface area contributed by atoms with Crippen LogP contribution in [0.25, 0.3) is 0 Å². The predicted octanol–water partition coefficient (Wildman–Crippen LogP) is 4.13. The normalized spacial score (nSPS) is 19.4. The van der Waals surface area contributed by atoms with E-state index in [-0.39, 0.29) is 12.4 Å². The van der Waals surface area contributed by atoms with E-state index in [0.29, 0.717) is 11.7 Å². The van der Waals surface area contributed by atoms with Crippen molar-refractivity contribution in [3.63, 3.8) is 0 Å². The average molecular weight is 296 g/mol.